The minimum Gasteiger partial charge on any atom is -0.494 e. The van der Waals surface area contributed by atoms with Crippen LogP contribution in [0.1, 0.15) is 18.1 Å². The van der Waals surface area contributed by atoms with Gasteiger partial charge in [-0.25, -0.2) is 0 Å². The molecule has 0 radical (unpaired) electrons. The summed E-state index contributed by atoms with van der Waals surface area (Å²) in [5.41, 5.74) is 1.12. The molecule has 0 amide bonds. The SMILES string of the molecule is CCn1c(O)c(C(=N)O)c(C)c(N=Nc2cc(Nc3nc(Cl)nc(-c4ccc(S(=O)(=O)O)c(Nc5nc(N)nc(Cl)n5)c4)n3)c(S(=O)(=O)O)cc2S(=O)(=O)O)c1=O. The van der Waals surface area contributed by atoms with Gasteiger partial charge in [0.25, 0.3) is 35.9 Å². The third-order valence-corrected chi connectivity index (χ3v) is 10.4. The lowest BCUT2D eigenvalue weighted by atomic mass is 10.1. The van der Waals surface area contributed by atoms with E-state index in [1.807, 2.05) is 0 Å². The number of aromatic nitrogens is 7. The van der Waals surface area contributed by atoms with Crippen LogP contribution < -0.4 is 21.9 Å². The molecule has 5 aromatic rings. The number of halogens is 2. The summed E-state index contributed by atoms with van der Waals surface area (Å²) >= 11 is 11.9. The topological polar surface area (TPSA) is 402 Å². The van der Waals surface area contributed by atoms with Gasteiger partial charge in [-0.05, 0) is 67.4 Å². The van der Waals surface area contributed by atoms with Crippen LogP contribution in [0.15, 0.2) is 60.0 Å². The van der Waals surface area contributed by atoms with E-state index in [0.29, 0.717) is 10.6 Å². The lowest BCUT2D eigenvalue weighted by molar-refractivity contribution is 0.406. The molecule has 2 aromatic carbocycles. The monoisotopic (exact) mass is 887 g/mol. The number of hydrogen-bond acceptors (Lipinski definition) is 20. The van der Waals surface area contributed by atoms with Crippen molar-refractivity contribution in [3.05, 3.63) is 62.4 Å². The van der Waals surface area contributed by atoms with E-state index in [4.69, 9.17) is 34.3 Å². The van der Waals surface area contributed by atoms with Crippen molar-refractivity contribution in [2.75, 3.05) is 16.4 Å². The number of pyridine rings is 1. The number of nitrogens with two attached hydrogens (primary N) is 1. The summed E-state index contributed by atoms with van der Waals surface area (Å²) in [6, 6.07) is 4.02. The van der Waals surface area contributed by atoms with Gasteiger partial charge >= 0.3 is 0 Å². The van der Waals surface area contributed by atoms with Crippen LogP contribution in [0.4, 0.5) is 40.6 Å². The number of nitrogen functional groups attached to an aromatic ring is 1. The zero-order chi connectivity index (χ0) is 42.4. The number of nitrogens with one attached hydrogen (secondary N) is 3. The summed E-state index contributed by atoms with van der Waals surface area (Å²) in [6.07, 6.45) is 0. The Morgan fingerprint density at radius 3 is 1.93 bits per heavy atom. The molecule has 0 fully saturated rings. The van der Waals surface area contributed by atoms with Crippen LogP contribution in [0.25, 0.3) is 11.4 Å². The second kappa shape index (κ2) is 15.5. The third kappa shape index (κ3) is 9.18. The summed E-state index contributed by atoms with van der Waals surface area (Å²) < 4.78 is 105. The number of rotatable bonds is 12. The van der Waals surface area contributed by atoms with E-state index < -0.39 is 96.2 Å². The maximum absolute atomic E-state index is 13.1. The number of azo groups is 1. The summed E-state index contributed by atoms with van der Waals surface area (Å²) in [5, 5.41) is 39.2. The van der Waals surface area contributed by atoms with E-state index in [9.17, 15) is 53.9 Å². The lowest BCUT2D eigenvalue weighted by Crippen LogP contribution is -2.22. The minimum atomic E-state index is -5.38. The number of anilines is 5. The first kappa shape index (κ1) is 42.1. The predicted molar refractivity (Wildman–Crippen MR) is 198 cm³/mol. The van der Waals surface area contributed by atoms with E-state index >= 15 is 0 Å². The van der Waals surface area contributed by atoms with Crippen LogP contribution in [0.2, 0.25) is 10.6 Å². The molecular formula is C27H23Cl2N13O12S3. The molecule has 0 saturated heterocycles. The van der Waals surface area contributed by atoms with Crippen molar-refractivity contribution in [3.8, 4) is 17.3 Å². The Morgan fingerprint density at radius 2 is 1.39 bits per heavy atom. The molecule has 5 rings (SSSR count). The fourth-order valence-corrected chi connectivity index (χ4v) is 7.25. The van der Waals surface area contributed by atoms with Crippen LogP contribution in [0.5, 0.6) is 5.88 Å². The van der Waals surface area contributed by atoms with Crippen LogP contribution in [0.3, 0.4) is 0 Å². The molecule has 25 nitrogen and oxygen atoms in total. The second-order valence-electron chi connectivity index (χ2n) is 11.0. The summed E-state index contributed by atoms with van der Waals surface area (Å²) in [7, 11) is -15.6. The van der Waals surface area contributed by atoms with Gasteiger partial charge in [-0.3, -0.25) is 28.4 Å². The van der Waals surface area contributed by atoms with Gasteiger partial charge in [0, 0.05) is 17.7 Å². The maximum Gasteiger partial charge on any atom is 0.296 e. The molecule has 0 spiro atoms. The van der Waals surface area contributed by atoms with E-state index in [2.05, 4.69) is 50.8 Å². The van der Waals surface area contributed by atoms with Crippen molar-refractivity contribution in [2.24, 2.45) is 10.2 Å². The molecule has 0 unspecified atom stereocenters. The van der Waals surface area contributed by atoms with Crippen LogP contribution >= 0.6 is 23.2 Å². The zero-order valence-corrected chi connectivity index (χ0v) is 32.2. The van der Waals surface area contributed by atoms with Gasteiger partial charge in [-0.15, -0.1) is 10.2 Å². The minimum absolute atomic E-state index is 0.0473. The Morgan fingerprint density at radius 1 is 0.825 bits per heavy atom. The number of aliphatic hydroxyl groups is 1. The number of hydrogen-bond donors (Lipinski definition) is 9. The van der Waals surface area contributed by atoms with Crippen molar-refractivity contribution < 1.29 is 49.1 Å². The van der Waals surface area contributed by atoms with Crippen molar-refractivity contribution in [1.82, 2.24) is 34.5 Å². The Labute approximate surface area is 329 Å². The van der Waals surface area contributed by atoms with Crippen molar-refractivity contribution >= 4 is 100 Å². The fraction of sp³-hybridized carbons (Fsp3) is 0.111. The normalized spacial score (nSPS) is 12.2. The molecule has 300 valence electrons. The van der Waals surface area contributed by atoms with Gasteiger partial charge < -0.3 is 26.6 Å². The highest BCUT2D eigenvalue weighted by Gasteiger charge is 2.27. The van der Waals surface area contributed by atoms with Crippen molar-refractivity contribution in [2.45, 2.75) is 35.1 Å². The molecule has 10 N–H and O–H groups in total. The standard InChI is InChI=1S/C27H23Cl2N13O12S3/c1-3-42-21(44)17(19(30)43)9(2)18(22(42)45)41-40-13-7-12(15(56(49,50)51)8-16(13)57(52,53)54)33-26-35-20(34-23(28)37-26)10-4-5-14(55(46,47)48)11(6-10)32-27-38-24(29)36-25(31)39-27/h4-8,44H,3H2,1-2H3,(H2,30,43)(H,46,47,48)(H,49,50,51)(H,52,53,54)(H,33,34,35,37)(H3,31,32,36,38,39). The highest BCUT2D eigenvalue weighted by atomic mass is 35.5. The molecule has 30 heteroatoms. The second-order valence-corrected chi connectivity index (χ2v) is 15.9. The van der Waals surface area contributed by atoms with E-state index in [1.54, 1.807) is 0 Å². The average molecular weight is 889 g/mol. The fourth-order valence-electron chi connectivity index (χ4n) is 4.94. The smallest absolute Gasteiger partial charge is 0.296 e. The summed E-state index contributed by atoms with van der Waals surface area (Å²) in [4.78, 5) is 33.0. The largest absolute Gasteiger partial charge is 0.494 e. The maximum atomic E-state index is 13.1. The molecule has 0 aliphatic carbocycles. The van der Waals surface area contributed by atoms with Gasteiger partial charge in [0.2, 0.25) is 40.2 Å². The number of benzene rings is 2. The number of aliphatic hydroxyl groups excluding tert-OH is 1. The first-order valence-electron chi connectivity index (χ1n) is 14.9. The zero-order valence-electron chi connectivity index (χ0n) is 28.3. The third-order valence-electron chi connectivity index (χ3n) is 7.33. The average Bonchev–Trinajstić information content (AvgIpc) is 3.06. The van der Waals surface area contributed by atoms with E-state index in [-0.39, 0.29) is 52.4 Å². The molecule has 57 heavy (non-hydrogen) atoms. The van der Waals surface area contributed by atoms with Gasteiger partial charge in [-0.2, -0.15) is 55.2 Å². The van der Waals surface area contributed by atoms with Gasteiger partial charge in [0.1, 0.15) is 25.9 Å². The molecule has 0 bridgehead atoms. The predicted octanol–water partition coefficient (Wildman–Crippen LogP) is 3.33. The Balaban J connectivity index is 1.67. The molecular weight excluding hydrogens is 865 g/mol. The first-order valence-corrected chi connectivity index (χ1v) is 20.0. The molecule has 0 atom stereocenters. The van der Waals surface area contributed by atoms with Crippen LogP contribution in [-0.2, 0) is 36.9 Å². The molecule has 3 aromatic heterocycles. The van der Waals surface area contributed by atoms with E-state index in [0.717, 1.165) is 18.2 Å². The molecule has 0 aliphatic heterocycles. The highest BCUT2D eigenvalue weighted by Crippen LogP contribution is 2.37. The Hall–Kier alpha value is -6.01. The van der Waals surface area contributed by atoms with Crippen molar-refractivity contribution in [3.63, 3.8) is 0 Å². The molecule has 0 aliphatic rings. The lowest BCUT2D eigenvalue weighted by Gasteiger charge is -2.14. The van der Waals surface area contributed by atoms with Gasteiger partial charge in [0.15, 0.2) is 11.5 Å². The van der Waals surface area contributed by atoms with E-state index in [1.165, 1.54) is 13.8 Å². The quantitative estimate of drug-likeness (QED) is 0.0375. The molecule has 0 saturated carbocycles. The Bertz CT molecular complexity index is 2930. The number of aromatic hydroxyl groups is 1. The van der Waals surface area contributed by atoms with Crippen LogP contribution in [0, 0.1) is 12.3 Å². The first-order chi connectivity index (χ1) is 26.4. The van der Waals surface area contributed by atoms with Crippen molar-refractivity contribution in [1.29, 1.82) is 5.41 Å². The highest BCUT2D eigenvalue weighted by molar-refractivity contribution is 7.87. The number of nitrogens with zero attached hydrogens (tertiary/aromatic N) is 9. The summed E-state index contributed by atoms with van der Waals surface area (Å²) in [6.45, 7) is 2.41. The van der Waals surface area contributed by atoms with Crippen LogP contribution in [-0.4, -0.2) is 89.5 Å². The summed E-state index contributed by atoms with van der Waals surface area (Å²) in [5.74, 6) is -3.61. The Kier molecular flexibility index (Phi) is 11.5. The van der Waals surface area contributed by atoms with Gasteiger partial charge in [-0.1, -0.05) is 0 Å². The molecule has 3 heterocycles. The van der Waals surface area contributed by atoms with Gasteiger partial charge in [0.05, 0.1) is 11.4 Å².